The first-order valence-corrected chi connectivity index (χ1v) is 12.3. The third-order valence-corrected chi connectivity index (χ3v) is 7.33. The van der Waals surface area contributed by atoms with Crippen molar-refractivity contribution in [3.05, 3.63) is 46.6 Å². The molecule has 1 aliphatic rings. The molecule has 5 rings (SSSR count). The van der Waals surface area contributed by atoms with Crippen LogP contribution in [-0.2, 0) is 11.8 Å². The Morgan fingerprint density at radius 3 is 2.62 bits per heavy atom. The SMILES string of the molecule is Cc1cc(-c2cc3ncn(C4CCN(C(=O)OC(C)(C)C)CC4)c(=O)c3s2)cc2cn(C)nc12. The summed E-state index contributed by atoms with van der Waals surface area (Å²) in [5.41, 5.74) is 3.35. The number of thiophene rings is 1. The molecule has 0 spiro atoms. The maximum atomic E-state index is 13.4. The van der Waals surface area contributed by atoms with Gasteiger partial charge < -0.3 is 9.64 Å². The average molecular weight is 480 g/mol. The van der Waals surface area contributed by atoms with E-state index in [4.69, 9.17) is 4.74 Å². The van der Waals surface area contributed by atoms with Crippen LogP contribution in [0.3, 0.4) is 0 Å². The summed E-state index contributed by atoms with van der Waals surface area (Å²) in [5.74, 6) is 0. The summed E-state index contributed by atoms with van der Waals surface area (Å²) in [4.78, 5) is 33.1. The van der Waals surface area contributed by atoms with E-state index >= 15 is 0 Å². The number of hydrogen-bond donors (Lipinski definition) is 0. The fourth-order valence-electron chi connectivity index (χ4n) is 4.55. The molecule has 1 aromatic carbocycles. The molecule has 0 aliphatic carbocycles. The first kappa shape index (κ1) is 22.6. The van der Waals surface area contributed by atoms with Crippen molar-refractivity contribution < 1.29 is 9.53 Å². The van der Waals surface area contributed by atoms with Gasteiger partial charge in [-0.2, -0.15) is 5.10 Å². The zero-order valence-electron chi connectivity index (χ0n) is 20.2. The summed E-state index contributed by atoms with van der Waals surface area (Å²) in [6, 6.07) is 6.24. The van der Waals surface area contributed by atoms with Crippen LogP contribution in [-0.4, -0.2) is 49.0 Å². The standard InChI is InChI=1S/C25H29N5O3S/c1-15-10-16(11-17-13-28(5)27-21(15)17)20-12-19-22(34-20)23(31)30(14-26-19)18-6-8-29(9-7-18)24(32)33-25(2,3)4/h10-14,18H,6-9H2,1-5H3. The maximum Gasteiger partial charge on any atom is 0.410 e. The van der Waals surface area contributed by atoms with Crippen LogP contribution < -0.4 is 5.56 Å². The Kier molecular flexibility index (Phi) is 5.47. The Bertz CT molecular complexity index is 1450. The van der Waals surface area contributed by atoms with E-state index in [0.29, 0.717) is 30.6 Å². The molecular formula is C25H29N5O3S. The number of carbonyl (C=O) groups excluding carboxylic acids is 1. The van der Waals surface area contributed by atoms with Gasteiger partial charge in [0.1, 0.15) is 10.3 Å². The van der Waals surface area contributed by atoms with Gasteiger partial charge in [0, 0.05) is 42.6 Å². The van der Waals surface area contributed by atoms with Crippen LogP contribution >= 0.6 is 11.3 Å². The van der Waals surface area contributed by atoms with Crippen molar-refractivity contribution in [2.75, 3.05) is 13.1 Å². The van der Waals surface area contributed by atoms with Crippen LogP contribution in [0, 0.1) is 6.92 Å². The number of benzene rings is 1. The lowest BCUT2D eigenvalue weighted by Crippen LogP contribution is -2.43. The zero-order valence-corrected chi connectivity index (χ0v) is 21.0. The van der Waals surface area contributed by atoms with Crippen LogP contribution in [0.5, 0.6) is 0 Å². The molecule has 1 saturated heterocycles. The molecule has 8 nitrogen and oxygen atoms in total. The molecule has 1 amide bonds. The highest BCUT2D eigenvalue weighted by molar-refractivity contribution is 7.22. The number of aryl methyl sites for hydroxylation is 2. The van der Waals surface area contributed by atoms with Crippen LogP contribution in [0.1, 0.15) is 45.2 Å². The van der Waals surface area contributed by atoms with Gasteiger partial charge in [-0.25, -0.2) is 9.78 Å². The first-order valence-electron chi connectivity index (χ1n) is 11.5. The van der Waals surface area contributed by atoms with E-state index in [1.54, 1.807) is 15.8 Å². The van der Waals surface area contributed by atoms with Gasteiger partial charge in [-0.15, -0.1) is 11.3 Å². The minimum absolute atomic E-state index is 0.0163. The van der Waals surface area contributed by atoms with Gasteiger partial charge in [-0.05, 0) is 69.9 Å². The predicted molar refractivity (Wildman–Crippen MR) is 134 cm³/mol. The lowest BCUT2D eigenvalue weighted by Gasteiger charge is -2.33. The molecule has 178 valence electrons. The molecule has 0 radical (unpaired) electrons. The molecule has 4 aromatic rings. The van der Waals surface area contributed by atoms with E-state index in [0.717, 1.165) is 32.4 Å². The molecule has 0 saturated carbocycles. The normalized spacial score (nSPS) is 15.4. The lowest BCUT2D eigenvalue weighted by atomic mass is 10.1. The van der Waals surface area contributed by atoms with E-state index in [1.165, 1.54) is 11.3 Å². The number of piperidine rings is 1. The quantitative estimate of drug-likeness (QED) is 0.409. The zero-order chi connectivity index (χ0) is 24.2. The largest absolute Gasteiger partial charge is 0.444 e. The second-order valence-corrected chi connectivity index (χ2v) is 11.1. The lowest BCUT2D eigenvalue weighted by molar-refractivity contribution is 0.0187. The van der Waals surface area contributed by atoms with Gasteiger partial charge in [-0.1, -0.05) is 0 Å². The number of amides is 1. The molecule has 3 aromatic heterocycles. The van der Waals surface area contributed by atoms with E-state index < -0.39 is 5.60 Å². The molecule has 0 atom stereocenters. The summed E-state index contributed by atoms with van der Waals surface area (Å²) in [6.07, 6.45) is 4.76. The van der Waals surface area contributed by atoms with E-state index in [9.17, 15) is 9.59 Å². The Morgan fingerprint density at radius 1 is 1.18 bits per heavy atom. The minimum atomic E-state index is -0.517. The molecule has 1 aliphatic heterocycles. The van der Waals surface area contributed by atoms with Gasteiger partial charge in [0.25, 0.3) is 5.56 Å². The Labute approximate surface area is 201 Å². The third kappa shape index (κ3) is 4.20. The van der Waals surface area contributed by atoms with Crippen molar-refractivity contribution in [2.24, 2.45) is 7.05 Å². The molecule has 34 heavy (non-hydrogen) atoms. The number of rotatable bonds is 2. The number of carbonyl (C=O) groups is 1. The summed E-state index contributed by atoms with van der Waals surface area (Å²) in [6.45, 7) is 8.77. The van der Waals surface area contributed by atoms with Crippen molar-refractivity contribution in [3.8, 4) is 10.4 Å². The fraction of sp³-hybridized carbons (Fsp3) is 0.440. The van der Waals surface area contributed by atoms with Gasteiger partial charge in [0.05, 0.1) is 17.4 Å². The first-order chi connectivity index (χ1) is 16.1. The third-order valence-electron chi connectivity index (χ3n) is 6.17. The van der Waals surface area contributed by atoms with Crippen LogP contribution in [0.15, 0.2) is 35.5 Å². The maximum absolute atomic E-state index is 13.4. The molecule has 0 N–H and O–H groups in total. The smallest absolute Gasteiger partial charge is 0.410 e. The fourth-order valence-corrected chi connectivity index (χ4v) is 5.59. The van der Waals surface area contributed by atoms with Gasteiger partial charge in [0.15, 0.2) is 0 Å². The number of likely N-dealkylation sites (tertiary alicyclic amines) is 1. The summed E-state index contributed by atoms with van der Waals surface area (Å²) in [7, 11) is 1.92. The second-order valence-electron chi connectivity index (χ2n) is 10.0. The predicted octanol–water partition coefficient (Wildman–Crippen LogP) is 4.89. The summed E-state index contributed by atoms with van der Waals surface area (Å²) >= 11 is 1.48. The molecule has 1 fully saturated rings. The van der Waals surface area contributed by atoms with Gasteiger partial charge in [0.2, 0.25) is 0 Å². The van der Waals surface area contributed by atoms with Crippen LogP contribution in [0.4, 0.5) is 4.79 Å². The monoisotopic (exact) mass is 479 g/mol. The highest BCUT2D eigenvalue weighted by Gasteiger charge is 2.28. The van der Waals surface area contributed by atoms with E-state index in [1.807, 2.05) is 44.8 Å². The Morgan fingerprint density at radius 2 is 1.91 bits per heavy atom. The van der Waals surface area contributed by atoms with Crippen molar-refractivity contribution in [1.29, 1.82) is 0 Å². The molecule has 9 heteroatoms. The van der Waals surface area contributed by atoms with Crippen molar-refractivity contribution >= 4 is 38.5 Å². The summed E-state index contributed by atoms with van der Waals surface area (Å²) < 4.78 is 9.71. The highest BCUT2D eigenvalue weighted by Crippen LogP contribution is 2.34. The topological polar surface area (TPSA) is 82.3 Å². The summed E-state index contributed by atoms with van der Waals surface area (Å²) in [5, 5.41) is 5.60. The van der Waals surface area contributed by atoms with Crippen LogP contribution in [0.25, 0.3) is 31.6 Å². The van der Waals surface area contributed by atoms with Crippen LogP contribution in [0.2, 0.25) is 0 Å². The Hall–Kier alpha value is -3.20. The Balaban J connectivity index is 1.40. The van der Waals surface area contributed by atoms with Gasteiger partial charge in [-0.3, -0.25) is 14.0 Å². The van der Waals surface area contributed by atoms with Gasteiger partial charge >= 0.3 is 6.09 Å². The minimum Gasteiger partial charge on any atom is -0.444 e. The van der Waals surface area contributed by atoms with Crippen molar-refractivity contribution in [1.82, 2.24) is 24.2 Å². The molecular weight excluding hydrogens is 450 g/mol. The number of ether oxygens (including phenoxy) is 1. The number of nitrogens with zero attached hydrogens (tertiary/aromatic N) is 5. The number of hydrogen-bond acceptors (Lipinski definition) is 6. The highest BCUT2D eigenvalue weighted by atomic mass is 32.1. The van der Waals surface area contributed by atoms with Crippen molar-refractivity contribution in [3.63, 3.8) is 0 Å². The number of aromatic nitrogens is 4. The van der Waals surface area contributed by atoms with E-state index in [-0.39, 0.29) is 17.7 Å². The molecule has 4 heterocycles. The average Bonchev–Trinajstić information content (AvgIpc) is 3.37. The number of fused-ring (bicyclic) bond motifs is 2. The van der Waals surface area contributed by atoms with E-state index in [2.05, 4.69) is 29.1 Å². The van der Waals surface area contributed by atoms with Crippen molar-refractivity contribution in [2.45, 2.75) is 52.2 Å². The second kappa shape index (κ2) is 8.23. The molecule has 0 bridgehead atoms. The molecule has 0 unspecified atom stereocenters.